The number of rotatable bonds is 3. The number of halogens is 1. The number of hydrogen-bond donors (Lipinski definition) is 1. The molecule has 1 atom stereocenters. The highest BCUT2D eigenvalue weighted by Gasteiger charge is 2.14. The lowest BCUT2D eigenvalue weighted by Gasteiger charge is -2.16. The maximum atomic E-state index is 6.34. The third kappa shape index (κ3) is 2.26. The number of benzene rings is 2. The van der Waals surface area contributed by atoms with Gasteiger partial charge in [0.1, 0.15) is 0 Å². The van der Waals surface area contributed by atoms with Crippen LogP contribution in [-0.2, 0) is 0 Å². The lowest BCUT2D eigenvalue weighted by Crippen LogP contribution is -1.99. The van der Waals surface area contributed by atoms with Crippen molar-refractivity contribution in [2.75, 3.05) is 0 Å². The average Bonchev–Trinajstić information content (AvgIpc) is 2.90. The number of hydrogen-bond acceptors (Lipinski definition) is 0. The van der Waals surface area contributed by atoms with Crippen molar-refractivity contribution >= 4 is 22.5 Å². The Morgan fingerprint density at radius 3 is 2.58 bits per heavy atom. The molecule has 95 valence electrons. The van der Waals surface area contributed by atoms with Crippen molar-refractivity contribution in [1.82, 2.24) is 4.98 Å². The summed E-state index contributed by atoms with van der Waals surface area (Å²) in [6.07, 6.45) is 2.73. The molecule has 0 aliphatic carbocycles. The van der Waals surface area contributed by atoms with Gasteiger partial charge in [-0.3, -0.25) is 0 Å². The number of aromatic nitrogens is 1. The van der Waals surface area contributed by atoms with Gasteiger partial charge in [-0.1, -0.05) is 48.9 Å². The van der Waals surface area contributed by atoms with Gasteiger partial charge in [-0.2, -0.15) is 0 Å². The predicted octanol–water partition coefficient (Wildman–Crippen LogP) is 5.18. The highest BCUT2D eigenvalue weighted by Crippen LogP contribution is 2.33. The Labute approximate surface area is 118 Å². The van der Waals surface area contributed by atoms with Crippen LogP contribution in [-0.4, -0.2) is 4.98 Å². The number of fused-ring (bicyclic) bond motifs is 1. The fourth-order valence-corrected chi connectivity index (χ4v) is 2.85. The van der Waals surface area contributed by atoms with Gasteiger partial charge in [0, 0.05) is 17.5 Å². The summed E-state index contributed by atoms with van der Waals surface area (Å²) in [5.41, 5.74) is 3.50. The lowest BCUT2D eigenvalue weighted by molar-refractivity contribution is 0.829. The molecule has 3 aromatic rings. The first-order valence-electron chi connectivity index (χ1n) is 6.40. The van der Waals surface area contributed by atoms with E-state index >= 15 is 0 Å². The van der Waals surface area contributed by atoms with Gasteiger partial charge in [-0.25, -0.2) is 0 Å². The molecule has 1 radical (unpaired) electrons. The Morgan fingerprint density at radius 1 is 1.05 bits per heavy atom. The molecule has 1 N–H and O–H groups in total. The van der Waals surface area contributed by atoms with Crippen molar-refractivity contribution in [3.8, 4) is 0 Å². The first-order chi connectivity index (χ1) is 9.29. The first kappa shape index (κ1) is 12.3. The summed E-state index contributed by atoms with van der Waals surface area (Å²) < 4.78 is 0. The predicted molar refractivity (Wildman–Crippen MR) is 81.6 cm³/mol. The molecule has 0 aliphatic heterocycles. The number of nitrogens with one attached hydrogen (secondary N) is 1. The summed E-state index contributed by atoms with van der Waals surface area (Å²) in [5.74, 6) is 0.290. The highest BCUT2D eigenvalue weighted by atomic mass is 35.5. The average molecular weight is 269 g/mol. The maximum Gasteiger partial charge on any atom is 0.0649 e. The zero-order valence-corrected chi connectivity index (χ0v) is 11.3. The topological polar surface area (TPSA) is 15.8 Å². The lowest BCUT2D eigenvalue weighted by atomic mass is 9.88. The van der Waals surface area contributed by atoms with Gasteiger partial charge in [0.15, 0.2) is 0 Å². The summed E-state index contributed by atoms with van der Waals surface area (Å²) in [4.78, 5) is 3.16. The molecule has 1 heterocycles. The molecular formula is C17H15ClN. The Kier molecular flexibility index (Phi) is 3.31. The largest absolute Gasteiger partial charge is 0.360 e. The van der Waals surface area contributed by atoms with Gasteiger partial charge in [0.25, 0.3) is 0 Å². The van der Waals surface area contributed by atoms with Crippen LogP contribution < -0.4 is 0 Å². The molecule has 3 rings (SSSR count). The van der Waals surface area contributed by atoms with E-state index in [2.05, 4.69) is 48.3 Å². The fourth-order valence-electron chi connectivity index (χ4n) is 2.56. The molecule has 2 aromatic carbocycles. The number of aromatic amines is 1. The van der Waals surface area contributed by atoms with Crippen LogP contribution in [0, 0.1) is 6.92 Å². The molecule has 0 spiro atoms. The zero-order chi connectivity index (χ0) is 13.2. The minimum absolute atomic E-state index is 0.290. The summed E-state index contributed by atoms with van der Waals surface area (Å²) in [6.45, 7) is 4.09. The Morgan fingerprint density at radius 2 is 1.84 bits per heavy atom. The molecule has 19 heavy (non-hydrogen) atoms. The summed E-state index contributed by atoms with van der Waals surface area (Å²) in [6, 6.07) is 16.7. The van der Waals surface area contributed by atoms with Crippen molar-refractivity contribution in [2.45, 2.75) is 12.3 Å². The Balaban J connectivity index is 2.11. The molecule has 1 aromatic heterocycles. The monoisotopic (exact) mass is 268 g/mol. The maximum absolute atomic E-state index is 6.34. The van der Waals surface area contributed by atoms with Crippen molar-refractivity contribution in [2.24, 2.45) is 0 Å². The highest BCUT2D eigenvalue weighted by molar-refractivity contribution is 6.35. The van der Waals surface area contributed by atoms with Crippen molar-refractivity contribution in [3.05, 3.63) is 77.8 Å². The van der Waals surface area contributed by atoms with Crippen molar-refractivity contribution < 1.29 is 0 Å². The van der Waals surface area contributed by atoms with E-state index in [0.717, 1.165) is 22.3 Å². The van der Waals surface area contributed by atoms with Crippen LogP contribution in [0.4, 0.5) is 0 Å². The van der Waals surface area contributed by atoms with Gasteiger partial charge >= 0.3 is 0 Å². The first-order valence-corrected chi connectivity index (χ1v) is 6.78. The quantitative estimate of drug-likeness (QED) is 0.674. The SMILES string of the molecule is [CH2]CC(c1ccccc1)c1cc(Cl)c2[nH]ccc2c1. The van der Waals surface area contributed by atoms with Gasteiger partial charge in [0.05, 0.1) is 10.5 Å². The van der Waals surface area contributed by atoms with E-state index in [9.17, 15) is 0 Å². The second-order valence-corrected chi connectivity index (χ2v) is 5.10. The Hall–Kier alpha value is -1.73. The molecule has 0 bridgehead atoms. The van der Waals surface area contributed by atoms with Crippen LogP contribution in [0.3, 0.4) is 0 Å². The smallest absolute Gasteiger partial charge is 0.0649 e. The van der Waals surface area contributed by atoms with Crippen molar-refractivity contribution in [3.63, 3.8) is 0 Å². The van der Waals surface area contributed by atoms with E-state index in [4.69, 9.17) is 11.6 Å². The van der Waals surface area contributed by atoms with Crippen LogP contribution in [0.15, 0.2) is 54.7 Å². The van der Waals surface area contributed by atoms with Crippen LogP contribution in [0.5, 0.6) is 0 Å². The summed E-state index contributed by atoms with van der Waals surface area (Å²) in [5, 5.41) is 1.92. The summed E-state index contributed by atoms with van der Waals surface area (Å²) >= 11 is 6.34. The molecule has 1 unspecified atom stereocenters. The zero-order valence-electron chi connectivity index (χ0n) is 10.6. The van der Waals surface area contributed by atoms with Crippen molar-refractivity contribution in [1.29, 1.82) is 0 Å². The molecule has 1 nitrogen and oxygen atoms in total. The molecule has 0 saturated heterocycles. The van der Waals surface area contributed by atoms with E-state index in [0.29, 0.717) is 0 Å². The molecule has 0 aliphatic rings. The van der Waals surface area contributed by atoms with E-state index in [1.807, 2.05) is 18.3 Å². The van der Waals surface area contributed by atoms with Gasteiger partial charge in [0.2, 0.25) is 0 Å². The minimum Gasteiger partial charge on any atom is -0.360 e. The third-order valence-electron chi connectivity index (χ3n) is 3.53. The van der Waals surface area contributed by atoms with Gasteiger partial charge in [-0.15, -0.1) is 0 Å². The number of H-pyrrole nitrogens is 1. The standard InChI is InChI=1S/C17H15ClN/c1-2-15(12-6-4-3-5-7-12)14-10-13-8-9-19-17(13)16(18)11-14/h3-11,15,19H,1-2H2. The second-order valence-electron chi connectivity index (χ2n) is 4.70. The van der Waals surface area contributed by atoms with E-state index in [1.54, 1.807) is 0 Å². The molecule has 2 heteroatoms. The molecule has 0 fully saturated rings. The second kappa shape index (κ2) is 5.10. The van der Waals surface area contributed by atoms with Gasteiger partial charge in [-0.05, 0) is 35.7 Å². The van der Waals surface area contributed by atoms with Crippen LogP contribution in [0.1, 0.15) is 23.5 Å². The van der Waals surface area contributed by atoms with Crippen LogP contribution in [0.25, 0.3) is 10.9 Å². The molecule has 0 saturated carbocycles. The fraction of sp³-hybridized carbons (Fsp3) is 0.118. The van der Waals surface area contributed by atoms with Crippen LogP contribution >= 0.6 is 11.6 Å². The van der Waals surface area contributed by atoms with Gasteiger partial charge < -0.3 is 4.98 Å². The third-order valence-corrected chi connectivity index (χ3v) is 3.82. The Bertz CT molecular complexity index is 685. The van der Waals surface area contributed by atoms with E-state index < -0.39 is 0 Å². The minimum atomic E-state index is 0.290. The normalized spacial score (nSPS) is 12.7. The van der Waals surface area contributed by atoms with E-state index in [1.165, 1.54) is 11.1 Å². The summed E-state index contributed by atoms with van der Waals surface area (Å²) in [7, 11) is 0. The van der Waals surface area contributed by atoms with Crippen LogP contribution in [0.2, 0.25) is 5.02 Å². The van der Waals surface area contributed by atoms with E-state index in [-0.39, 0.29) is 5.92 Å². The molecular weight excluding hydrogens is 254 g/mol. The molecule has 0 amide bonds.